The van der Waals surface area contributed by atoms with Gasteiger partial charge in [0.2, 0.25) is 0 Å². The van der Waals surface area contributed by atoms with Crippen molar-refractivity contribution in [2.75, 3.05) is 26.2 Å². The summed E-state index contributed by atoms with van der Waals surface area (Å²) in [6.07, 6.45) is 2.41. The van der Waals surface area contributed by atoms with E-state index in [1.54, 1.807) is 42.6 Å². The van der Waals surface area contributed by atoms with Crippen LogP contribution in [0.1, 0.15) is 24.0 Å². The summed E-state index contributed by atoms with van der Waals surface area (Å²) in [4.78, 5) is 6.51. The fraction of sp³-hybridized carbons (Fsp3) is 0.233. The van der Waals surface area contributed by atoms with E-state index in [-0.39, 0.29) is 18.2 Å². The van der Waals surface area contributed by atoms with E-state index in [9.17, 15) is 13.9 Å². The smallest absolute Gasteiger partial charge is 0.131 e. The molecule has 0 bridgehead atoms. The van der Waals surface area contributed by atoms with Crippen LogP contribution in [0, 0.1) is 11.6 Å². The van der Waals surface area contributed by atoms with Crippen molar-refractivity contribution in [2.45, 2.75) is 18.9 Å². The van der Waals surface area contributed by atoms with E-state index in [2.05, 4.69) is 9.88 Å². The van der Waals surface area contributed by atoms with Gasteiger partial charge in [-0.25, -0.2) is 8.78 Å². The predicted molar refractivity (Wildman–Crippen MR) is 138 cm³/mol. The quantitative estimate of drug-likeness (QED) is 0.356. The highest BCUT2D eigenvalue weighted by Gasteiger charge is 2.23. The first-order chi connectivity index (χ1) is 17.6. The number of likely N-dealkylation sites (tertiary alicyclic amines) is 1. The topological polar surface area (TPSA) is 45.6 Å². The minimum absolute atomic E-state index is 0.170. The number of hydrogen-bond donors (Lipinski definition) is 1. The molecule has 0 saturated carbocycles. The fourth-order valence-corrected chi connectivity index (χ4v) is 4.85. The van der Waals surface area contributed by atoms with E-state index in [0.717, 1.165) is 16.5 Å². The van der Waals surface area contributed by atoms with Crippen LogP contribution in [0.15, 0.2) is 90.6 Å². The monoisotopic (exact) mass is 486 g/mol. The number of ether oxygens (including phenoxy) is 1. The van der Waals surface area contributed by atoms with Crippen molar-refractivity contribution in [3.63, 3.8) is 0 Å². The van der Waals surface area contributed by atoms with Gasteiger partial charge in [-0.1, -0.05) is 48.0 Å². The first kappa shape index (κ1) is 24.1. The average molecular weight is 487 g/mol. The molecular weight excluding hydrogens is 458 g/mol. The Labute approximate surface area is 209 Å². The number of fused-ring (bicyclic) bond motifs is 1. The molecule has 5 rings (SSSR count). The molecule has 3 aromatic carbocycles. The lowest BCUT2D eigenvalue weighted by Gasteiger charge is -2.31. The Morgan fingerprint density at radius 1 is 0.861 bits per heavy atom. The molecule has 1 fully saturated rings. The Hall–Kier alpha value is -3.61. The standard InChI is InChI=1S/C30H28F2N2O2/c31-26-10-3-1-7-23(26)30(24-8-2-4-11-27(24)32)21-14-17-34(18-15-21)19-22(35)20-36-29-13-5-12-28-25(29)9-6-16-33-28/h1-13,16,22,35H,14-15,17-20H2. The largest absolute Gasteiger partial charge is 0.490 e. The SMILES string of the molecule is OC(COc1cccc2ncccc12)CN1CCC(=C(c2ccccc2F)c2ccccc2F)CC1. The van der Waals surface area contributed by atoms with Crippen molar-refractivity contribution >= 4 is 16.5 Å². The normalized spacial score (nSPS) is 15.1. The molecule has 1 aromatic heterocycles. The highest BCUT2D eigenvalue weighted by atomic mass is 19.1. The van der Waals surface area contributed by atoms with E-state index in [0.29, 0.717) is 54.9 Å². The van der Waals surface area contributed by atoms with Crippen molar-refractivity contribution < 1.29 is 18.6 Å². The van der Waals surface area contributed by atoms with Gasteiger partial charge in [-0.05, 0) is 54.8 Å². The second-order valence-corrected chi connectivity index (χ2v) is 9.03. The number of pyridine rings is 1. The van der Waals surface area contributed by atoms with Crippen LogP contribution in [0.3, 0.4) is 0 Å². The van der Waals surface area contributed by atoms with Crippen LogP contribution >= 0.6 is 0 Å². The molecule has 1 saturated heterocycles. The molecule has 4 nitrogen and oxygen atoms in total. The number of halogens is 2. The van der Waals surface area contributed by atoms with Gasteiger partial charge >= 0.3 is 0 Å². The molecule has 0 amide bonds. The highest BCUT2D eigenvalue weighted by molar-refractivity contribution is 5.85. The van der Waals surface area contributed by atoms with E-state index in [1.165, 1.54) is 12.1 Å². The number of nitrogens with zero attached hydrogens (tertiary/aromatic N) is 2. The molecule has 2 heterocycles. The number of rotatable bonds is 7. The Morgan fingerprint density at radius 3 is 2.19 bits per heavy atom. The molecular formula is C30H28F2N2O2. The first-order valence-electron chi connectivity index (χ1n) is 12.2. The van der Waals surface area contributed by atoms with Crippen LogP contribution in [0.25, 0.3) is 16.5 Å². The summed E-state index contributed by atoms with van der Waals surface area (Å²) in [7, 11) is 0. The number of β-amino-alcohol motifs (C(OH)–C–C–N with tert-alkyl or cyclic N) is 1. The third kappa shape index (κ3) is 5.30. The van der Waals surface area contributed by atoms with Gasteiger partial charge < -0.3 is 9.84 Å². The van der Waals surface area contributed by atoms with Crippen molar-refractivity contribution in [1.29, 1.82) is 0 Å². The molecule has 0 spiro atoms. The lowest BCUT2D eigenvalue weighted by Crippen LogP contribution is -2.39. The van der Waals surface area contributed by atoms with Gasteiger partial charge in [0.05, 0.1) is 5.52 Å². The summed E-state index contributed by atoms with van der Waals surface area (Å²) in [6, 6.07) is 22.6. The minimum atomic E-state index is -0.667. The molecule has 1 aliphatic rings. The maximum Gasteiger partial charge on any atom is 0.131 e. The first-order valence-corrected chi connectivity index (χ1v) is 12.2. The number of benzene rings is 3. The van der Waals surface area contributed by atoms with Gasteiger partial charge in [-0.15, -0.1) is 0 Å². The number of aromatic nitrogens is 1. The summed E-state index contributed by atoms with van der Waals surface area (Å²) >= 11 is 0. The number of aliphatic hydroxyl groups is 1. The van der Waals surface area contributed by atoms with Crippen LogP contribution in [0.5, 0.6) is 5.75 Å². The summed E-state index contributed by atoms with van der Waals surface area (Å²) in [5, 5.41) is 11.6. The highest BCUT2D eigenvalue weighted by Crippen LogP contribution is 2.35. The van der Waals surface area contributed by atoms with Crippen LogP contribution in [-0.4, -0.2) is 47.3 Å². The van der Waals surface area contributed by atoms with Gasteiger partial charge in [-0.3, -0.25) is 9.88 Å². The summed E-state index contributed by atoms with van der Waals surface area (Å²) in [5.41, 5.74) is 3.35. The molecule has 1 aliphatic heterocycles. The van der Waals surface area contributed by atoms with Crippen molar-refractivity contribution in [3.05, 3.63) is 113 Å². The molecule has 4 aromatic rings. The lowest BCUT2D eigenvalue weighted by molar-refractivity contribution is 0.0661. The number of hydrogen-bond acceptors (Lipinski definition) is 4. The van der Waals surface area contributed by atoms with Crippen molar-refractivity contribution in [3.8, 4) is 5.75 Å². The Bertz CT molecular complexity index is 1330. The summed E-state index contributed by atoms with van der Waals surface area (Å²) in [5.74, 6) is -0.0216. The molecule has 184 valence electrons. The van der Waals surface area contributed by atoms with Gasteiger partial charge in [-0.2, -0.15) is 0 Å². The van der Waals surface area contributed by atoms with Crippen LogP contribution in [0.2, 0.25) is 0 Å². The van der Waals surface area contributed by atoms with Gasteiger partial charge in [0, 0.05) is 42.3 Å². The minimum Gasteiger partial charge on any atom is -0.490 e. The van der Waals surface area contributed by atoms with Crippen LogP contribution in [0.4, 0.5) is 8.78 Å². The molecule has 36 heavy (non-hydrogen) atoms. The summed E-state index contributed by atoms with van der Waals surface area (Å²) in [6.45, 7) is 2.02. The van der Waals surface area contributed by atoms with E-state index in [4.69, 9.17) is 4.74 Å². The van der Waals surface area contributed by atoms with Crippen LogP contribution in [-0.2, 0) is 0 Å². The number of piperidine rings is 1. The predicted octanol–water partition coefficient (Wildman–Crippen LogP) is 5.85. The number of aliphatic hydroxyl groups excluding tert-OH is 1. The zero-order chi connectivity index (χ0) is 24.9. The maximum atomic E-state index is 14.8. The Morgan fingerprint density at radius 2 is 1.53 bits per heavy atom. The second-order valence-electron chi connectivity index (χ2n) is 9.03. The second kappa shape index (κ2) is 11.0. The fourth-order valence-electron chi connectivity index (χ4n) is 4.85. The average Bonchev–Trinajstić information content (AvgIpc) is 2.90. The molecule has 6 heteroatoms. The lowest BCUT2D eigenvalue weighted by atomic mass is 9.88. The molecule has 0 aliphatic carbocycles. The van der Waals surface area contributed by atoms with E-state index in [1.807, 2.05) is 30.3 Å². The molecule has 1 N–H and O–H groups in total. The third-order valence-electron chi connectivity index (χ3n) is 6.61. The van der Waals surface area contributed by atoms with Crippen LogP contribution < -0.4 is 4.74 Å². The van der Waals surface area contributed by atoms with E-state index >= 15 is 0 Å². The van der Waals surface area contributed by atoms with Gasteiger partial charge in [0.1, 0.15) is 30.1 Å². The van der Waals surface area contributed by atoms with Gasteiger partial charge in [0.15, 0.2) is 0 Å². The maximum absolute atomic E-state index is 14.8. The Kier molecular flexibility index (Phi) is 7.35. The molecule has 1 unspecified atom stereocenters. The molecule has 1 atom stereocenters. The van der Waals surface area contributed by atoms with Crippen molar-refractivity contribution in [1.82, 2.24) is 9.88 Å². The summed E-state index contributed by atoms with van der Waals surface area (Å²) < 4.78 is 35.4. The van der Waals surface area contributed by atoms with Crippen molar-refractivity contribution in [2.24, 2.45) is 0 Å². The van der Waals surface area contributed by atoms with Gasteiger partial charge in [0.25, 0.3) is 0 Å². The van der Waals surface area contributed by atoms with E-state index < -0.39 is 6.10 Å². The third-order valence-corrected chi connectivity index (χ3v) is 6.61. The molecule has 0 radical (unpaired) electrons. The Balaban J connectivity index is 1.27. The zero-order valence-electron chi connectivity index (χ0n) is 19.9. The zero-order valence-corrected chi connectivity index (χ0v) is 19.9.